The third-order valence-corrected chi connectivity index (χ3v) is 5.48. The summed E-state index contributed by atoms with van der Waals surface area (Å²) in [5.74, 6) is 0.404. The van der Waals surface area contributed by atoms with E-state index in [1.165, 1.54) is 18.7 Å². The highest BCUT2D eigenvalue weighted by Crippen LogP contribution is 2.28. The molecule has 0 bridgehead atoms. The molecule has 3 rings (SSSR count). The van der Waals surface area contributed by atoms with Crippen LogP contribution >= 0.6 is 11.8 Å². The Balaban J connectivity index is 1.62. The van der Waals surface area contributed by atoms with Crippen LogP contribution in [0.2, 0.25) is 0 Å². The molecule has 0 radical (unpaired) electrons. The van der Waals surface area contributed by atoms with Crippen molar-refractivity contribution in [1.82, 2.24) is 15.5 Å². The van der Waals surface area contributed by atoms with E-state index in [9.17, 15) is 9.59 Å². The molecular weight excluding hydrogens is 398 g/mol. The first-order chi connectivity index (χ1) is 14.3. The Morgan fingerprint density at radius 1 is 1.07 bits per heavy atom. The highest BCUT2D eigenvalue weighted by molar-refractivity contribution is 8.00. The summed E-state index contributed by atoms with van der Waals surface area (Å²) >= 11 is 1.25. The molecule has 1 N–H and O–H groups in total. The van der Waals surface area contributed by atoms with E-state index in [1.807, 2.05) is 57.2 Å². The monoisotopic (exact) mass is 423 g/mol. The third-order valence-electron chi connectivity index (χ3n) is 4.55. The van der Waals surface area contributed by atoms with Gasteiger partial charge in [-0.3, -0.25) is 9.59 Å². The van der Waals surface area contributed by atoms with Crippen LogP contribution in [-0.4, -0.2) is 33.7 Å². The van der Waals surface area contributed by atoms with Crippen LogP contribution in [0.3, 0.4) is 0 Å². The summed E-state index contributed by atoms with van der Waals surface area (Å²) in [5, 5.41) is 11.0. The zero-order valence-corrected chi connectivity index (χ0v) is 18.4. The molecule has 7 heteroatoms. The van der Waals surface area contributed by atoms with Crippen molar-refractivity contribution >= 4 is 23.5 Å². The van der Waals surface area contributed by atoms with Gasteiger partial charge in [0.25, 0.3) is 5.22 Å². The summed E-state index contributed by atoms with van der Waals surface area (Å²) in [5.41, 5.74) is 4.83. The van der Waals surface area contributed by atoms with E-state index in [4.69, 9.17) is 4.42 Å². The van der Waals surface area contributed by atoms with Gasteiger partial charge in [-0.2, -0.15) is 0 Å². The van der Waals surface area contributed by atoms with Gasteiger partial charge in [0.1, 0.15) is 0 Å². The number of nitrogens with one attached hydrogen (secondary N) is 1. The molecule has 1 aromatic heterocycles. The van der Waals surface area contributed by atoms with Crippen LogP contribution < -0.4 is 5.32 Å². The number of nitrogens with zero attached hydrogens (tertiary/aromatic N) is 2. The molecule has 0 saturated carbocycles. The zero-order valence-electron chi connectivity index (χ0n) is 17.6. The quantitative estimate of drug-likeness (QED) is 0.427. The van der Waals surface area contributed by atoms with Gasteiger partial charge < -0.3 is 9.73 Å². The molecule has 0 saturated heterocycles. The fourth-order valence-corrected chi connectivity index (χ4v) is 3.89. The summed E-state index contributed by atoms with van der Waals surface area (Å²) in [6.45, 7) is 7.95. The standard InChI is InChI=1S/C23H25N3O3S/c1-14-11-15(2)13-20(12-14)22-25-26-23(29-22)30-16(3)21(28)19-7-5-18(6-8-19)9-10-24-17(4)27/h5-8,11-13,16H,9-10H2,1-4H3,(H,24,27)/t16-/m1/s1. The van der Waals surface area contributed by atoms with E-state index in [2.05, 4.69) is 21.6 Å². The van der Waals surface area contributed by atoms with Gasteiger partial charge in [0.2, 0.25) is 11.8 Å². The number of carbonyl (C=O) groups excluding carboxylic acids is 2. The Labute approximate surface area is 180 Å². The fourth-order valence-electron chi connectivity index (χ4n) is 3.13. The van der Waals surface area contributed by atoms with Crippen molar-refractivity contribution in [3.8, 4) is 11.5 Å². The molecule has 6 nitrogen and oxygen atoms in total. The lowest BCUT2D eigenvalue weighted by Crippen LogP contribution is -2.22. The van der Waals surface area contributed by atoms with Crippen LogP contribution in [0.5, 0.6) is 0 Å². The predicted molar refractivity (Wildman–Crippen MR) is 118 cm³/mol. The number of Topliss-reactive ketones (excluding diaryl/α,β-unsaturated/α-hetero) is 1. The van der Waals surface area contributed by atoms with Gasteiger partial charge in [-0.15, -0.1) is 10.2 Å². The van der Waals surface area contributed by atoms with E-state index < -0.39 is 0 Å². The molecule has 30 heavy (non-hydrogen) atoms. The highest BCUT2D eigenvalue weighted by Gasteiger charge is 2.20. The lowest BCUT2D eigenvalue weighted by molar-refractivity contribution is -0.118. The van der Waals surface area contributed by atoms with Crippen molar-refractivity contribution in [3.05, 3.63) is 64.7 Å². The van der Waals surface area contributed by atoms with E-state index in [1.54, 1.807) is 0 Å². The zero-order chi connectivity index (χ0) is 21.7. The molecule has 2 aromatic carbocycles. The van der Waals surface area contributed by atoms with Crippen LogP contribution in [0.1, 0.15) is 40.9 Å². The van der Waals surface area contributed by atoms with Crippen molar-refractivity contribution in [1.29, 1.82) is 0 Å². The van der Waals surface area contributed by atoms with Crippen LogP contribution in [0, 0.1) is 13.8 Å². The van der Waals surface area contributed by atoms with Gasteiger partial charge in [-0.1, -0.05) is 53.2 Å². The molecule has 0 unspecified atom stereocenters. The number of ketones is 1. The number of amides is 1. The van der Waals surface area contributed by atoms with Crippen LogP contribution in [-0.2, 0) is 11.2 Å². The SMILES string of the molecule is CC(=O)NCCc1ccc(C(=O)[C@@H](C)Sc2nnc(-c3cc(C)cc(C)c3)o2)cc1. The second-order valence-corrected chi connectivity index (χ2v) is 8.60. The molecule has 0 fully saturated rings. The fraction of sp³-hybridized carbons (Fsp3) is 0.304. The lowest BCUT2D eigenvalue weighted by Gasteiger charge is -2.08. The minimum atomic E-state index is -0.359. The van der Waals surface area contributed by atoms with E-state index in [-0.39, 0.29) is 16.9 Å². The van der Waals surface area contributed by atoms with Gasteiger partial charge in [0, 0.05) is 24.6 Å². The van der Waals surface area contributed by atoms with Gasteiger partial charge >= 0.3 is 0 Å². The maximum atomic E-state index is 12.8. The second-order valence-electron chi connectivity index (χ2n) is 7.30. The number of thioether (sulfide) groups is 1. The molecule has 1 amide bonds. The molecule has 156 valence electrons. The molecule has 0 spiro atoms. The summed E-state index contributed by atoms with van der Waals surface area (Å²) in [6.07, 6.45) is 0.724. The average Bonchev–Trinajstić information content (AvgIpc) is 3.15. The minimum Gasteiger partial charge on any atom is -0.411 e. The van der Waals surface area contributed by atoms with Crippen molar-refractivity contribution in [2.24, 2.45) is 0 Å². The number of carbonyl (C=O) groups is 2. The molecule has 0 aliphatic carbocycles. The molecule has 3 aromatic rings. The normalized spacial score (nSPS) is 11.9. The first-order valence-corrected chi connectivity index (χ1v) is 10.7. The summed E-state index contributed by atoms with van der Waals surface area (Å²) in [4.78, 5) is 23.7. The van der Waals surface area contributed by atoms with Gasteiger partial charge in [0.05, 0.1) is 5.25 Å². The van der Waals surface area contributed by atoms with E-state index >= 15 is 0 Å². The first kappa shape index (κ1) is 21.8. The predicted octanol–water partition coefficient (Wildman–Crippen LogP) is 4.40. The van der Waals surface area contributed by atoms with Gasteiger partial charge in [-0.05, 0) is 44.9 Å². The van der Waals surface area contributed by atoms with Crippen LogP contribution in [0.15, 0.2) is 52.1 Å². The summed E-state index contributed by atoms with van der Waals surface area (Å²) in [6, 6.07) is 13.5. The Bertz CT molecular complexity index is 1020. The molecule has 1 heterocycles. The van der Waals surface area contributed by atoms with Crippen molar-refractivity contribution in [2.45, 2.75) is 44.6 Å². The van der Waals surface area contributed by atoms with Crippen LogP contribution in [0.25, 0.3) is 11.5 Å². The Kier molecular flexibility index (Phi) is 7.05. The number of aryl methyl sites for hydroxylation is 2. The van der Waals surface area contributed by atoms with Crippen LogP contribution in [0.4, 0.5) is 0 Å². The van der Waals surface area contributed by atoms with E-state index in [0.29, 0.717) is 23.2 Å². The molecule has 1 atom stereocenters. The summed E-state index contributed by atoms with van der Waals surface area (Å²) in [7, 11) is 0. The number of benzene rings is 2. The maximum Gasteiger partial charge on any atom is 0.277 e. The Morgan fingerprint density at radius 3 is 2.37 bits per heavy atom. The Morgan fingerprint density at radius 2 is 1.73 bits per heavy atom. The maximum absolute atomic E-state index is 12.8. The number of aromatic nitrogens is 2. The second kappa shape index (κ2) is 9.71. The third kappa shape index (κ3) is 5.79. The first-order valence-electron chi connectivity index (χ1n) is 9.78. The number of hydrogen-bond acceptors (Lipinski definition) is 6. The minimum absolute atomic E-state index is 0.000407. The Hall–Kier alpha value is -2.93. The number of hydrogen-bond donors (Lipinski definition) is 1. The molecule has 0 aliphatic rings. The molecule has 0 aliphatic heterocycles. The van der Waals surface area contributed by atoms with Crippen molar-refractivity contribution < 1.29 is 14.0 Å². The highest BCUT2D eigenvalue weighted by atomic mass is 32.2. The summed E-state index contributed by atoms with van der Waals surface area (Å²) < 4.78 is 5.77. The topological polar surface area (TPSA) is 85.1 Å². The van der Waals surface area contributed by atoms with Crippen molar-refractivity contribution in [3.63, 3.8) is 0 Å². The molecular formula is C23H25N3O3S. The largest absolute Gasteiger partial charge is 0.411 e. The smallest absolute Gasteiger partial charge is 0.277 e. The average molecular weight is 424 g/mol. The lowest BCUT2D eigenvalue weighted by atomic mass is 10.0. The number of rotatable bonds is 8. The van der Waals surface area contributed by atoms with E-state index in [0.717, 1.165) is 28.7 Å². The van der Waals surface area contributed by atoms with Gasteiger partial charge in [-0.25, -0.2) is 0 Å². The van der Waals surface area contributed by atoms with Crippen molar-refractivity contribution in [2.75, 3.05) is 6.54 Å². The van der Waals surface area contributed by atoms with Gasteiger partial charge in [0.15, 0.2) is 5.78 Å².